The van der Waals surface area contributed by atoms with Crippen molar-refractivity contribution >= 4 is 18.3 Å². The number of carbonyl (C=O) groups excluding carboxylic acids is 3. The molecule has 1 amide bonds. The van der Waals surface area contributed by atoms with Crippen LogP contribution in [-0.2, 0) is 30.3 Å². The van der Waals surface area contributed by atoms with Crippen LogP contribution in [0.15, 0.2) is 30.3 Å². The van der Waals surface area contributed by atoms with Gasteiger partial charge in [0.05, 0.1) is 13.7 Å². The SMILES string of the molecule is CCOC(=O)[C@H](CCc1ccccc1)N(C=O)C(C)C(=O)OC. The Kier molecular flexibility index (Phi) is 7.80. The average Bonchev–Trinajstić information content (AvgIpc) is 2.58. The highest BCUT2D eigenvalue weighted by molar-refractivity contribution is 5.83. The molecule has 1 aromatic rings. The van der Waals surface area contributed by atoms with Crippen molar-refractivity contribution in [3.05, 3.63) is 35.9 Å². The topological polar surface area (TPSA) is 72.9 Å². The number of rotatable bonds is 9. The van der Waals surface area contributed by atoms with Crippen molar-refractivity contribution in [1.29, 1.82) is 0 Å². The summed E-state index contributed by atoms with van der Waals surface area (Å²) in [5.41, 5.74) is 1.04. The number of esters is 2. The lowest BCUT2D eigenvalue weighted by Crippen LogP contribution is -2.49. The van der Waals surface area contributed by atoms with E-state index in [1.807, 2.05) is 30.3 Å². The molecule has 6 nitrogen and oxygen atoms in total. The van der Waals surface area contributed by atoms with Gasteiger partial charge in [0.2, 0.25) is 6.41 Å². The number of hydrogen-bond donors (Lipinski definition) is 0. The van der Waals surface area contributed by atoms with E-state index in [4.69, 9.17) is 4.74 Å². The number of aryl methyl sites for hydroxylation is 1. The first-order valence-corrected chi connectivity index (χ1v) is 7.56. The molecule has 1 aromatic carbocycles. The molecule has 0 aliphatic heterocycles. The van der Waals surface area contributed by atoms with Gasteiger partial charge >= 0.3 is 11.9 Å². The van der Waals surface area contributed by atoms with Crippen molar-refractivity contribution in [1.82, 2.24) is 4.90 Å². The fraction of sp³-hybridized carbons (Fsp3) is 0.471. The Hall–Kier alpha value is -2.37. The molecule has 6 heteroatoms. The molecule has 2 atom stereocenters. The quantitative estimate of drug-likeness (QED) is 0.510. The van der Waals surface area contributed by atoms with Gasteiger partial charge in [-0.3, -0.25) is 4.79 Å². The third kappa shape index (κ3) is 5.39. The molecule has 1 rings (SSSR count). The van der Waals surface area contributed by atoms with Gasteiger partial charge in [0.15, 0.2) is 0 Å². The first kappa shape index (κ1) is 18.7. The Balaban J connectivity index is 2.91. The summed E-state index contributed by atoms with van der Waals surface area (Å²) < 4.78 is 9.70. The van der Waals surface area contributed by atoms with E-state index in [0.717, 1.165) is 10.5 Å². The van der Waals surface area contributed by atoms with Gasteiger partial charge in [-0.05, 0) is 32.3 Å². The third-order valence-electron chi connectivity index (χ3n) is 3.58. The zero-order chi connectivity index (χ0) is 17.2. The van der Waals surface area contributed by atoms with Gasteiger partial charge in [-0.15, -0.1) is 0 Å². The number of amides is 1. The minimum absolute atomic E-state index is 0.208. The van der Waals surface area contributed by atoms with E-state index in [-0.39, 0.29) is 6.61 Å². The van der Waals surface area contributed by atoms with Crippen LogP contribution in [0.1, 0.15) is 25.8 Å². The highest BCUT2D eigenvalue weighted by Crippen LogP contribution is 2.14. The summed E-state index contributed by atoms with van der Waals surface area (Å²) in [5, 5.41) is 0. The van der Waals surface area contributed by atoms with Crippen LogP contribution in [0.25, 0.3) is 0 Å². The Labute approximate surface area is 136 Å². The normalized spacial score (nSPS) is 12.8. The summed E-state index contributed by atoms with van der Waals surface area (Å²) in [7, 11) is 1.24. The molecule has 0 saturated heterocycles. The van der Waals surface area contributed by atoms with Crippen LogP contribution < -0.4 is 0 Å². The minimum Gasteiger partial charge on any atom is -0.467 e. The zero-order valence-electron chi connectivity index (χ0n) is 13.7. The first-order chi connectivity index (χ1) is 11.0. The largest absolute Gasteiger partial charge is 0.467 e. The van der Waals surface area contributed by atoms with Crippen LogP contribution in [0.3, 0.4) is 0 Å². The maximum absolute atomic E-state index is 12.2. The number of nitrogens with zero attached hydrogens (tertiary/aromatic N) is 1. The number of methoxy groups -OCH3 is 1. The lowest BCUT2D eigenvalue weighted by atomic mass is 10.0. The predicted octanol–water partition coefficient (Wildman–Crippen LogP) is 1.57. The zero-order valence-corrected chi connectivity index (χ0v) is 13.7. The van der Waals surface area contributed by atoms with E-state index in [2.05, 4.69) is 4.74 Å². The van der Waals surface area contributed by atoms with Gasteiger partial charge in [-0.2, -0.15) is 0 Å². The fourth-order valence-electron chi connectivity index (χ4n) is 2.30. The highest BCUT2D eigenvalue weighted by atomic mass is 16.5. The van der Waals surface area contributed by atoms with Crippen molar-refractivity contribution in [3.8, 4) is 0 Å². The number of ether oxygens (including phenoxy) is 2. The summed E-state index contributed by atoms with van der Waals surface area (Å²) in [6.45, 7) is 3.43. The van der Waals surface area contributed by atoms with Crippen molar-refractivity contribution in [2.45, 2.75) is 38.8 Å². The lowest BCUT2D eigenvalue weighted by Gasteiger charge is -2.30. The van der Waals surface area contributed by atoms with E-state index in [0.29, 0.717) is 19.3 Å². The van der Waals surface area contributed by atoms with Crippen LogP contribution >= 0.6 is 0 Å². The summed E-state index contributed by atoms with van der Waals surface area (Å²) in [4.78, 5) is 36.5. The summed E-state index contributed by atoms with van der Waals surface area (Å²) >= 11 is 0. The van der Waals surface area contributed by atoms with Gasteiger partial charge in [-0.1, -0.05) is 30.3 Å². The Morgan fingerprint density at radius 2 is 1.87 bits per heavy atom. The van der Waals surface area contributed by atoms with Crippen molar-refractivity contribution in [2.24, 2.45) is 0 Å². The Bertz CT molecular complexity index is 517. The summed E-state index contributed by atoms with van der Waals surface area (Å²) in [6, 6.07) is 7.91. The number of hydrogen-bond acceptors (Lipinski definition) is 5. The van der Waals surface area contributed by atoms with Crippen molar-refractivity contribution < 1.29 is 23.9 Å². The van der Waals surface area contributed by atoms with Crippen molar-refractivity contribution in [2.75, 3.05) is 13.7 Å². The fourth-order valence-corrected chi connectivity index (χ4v) is 2.30. The van der Waals surface area contributed by atoms with Gasteiger partial charge in [-0.25, -0.2) is 9.59 Å². The molecule has 23 heavy (non-hydrogen) atoms. The standard InChI is InChI=1S/C17H23NO5/c1-4-23-17(21)15(11-10-14-8-6-5-7-9-14)18(12-19)13(2)16(20)22-3/h5-9,12-13,15H,4,10-11H2,1-3H3/t13?,15-/m0/s1. The smallest absolute Gasteiger partial charge is 0.328 e. The third-order valence-corrected chi connectivity index (χ3v) is 3.58. The molecule has 0 fully saturated rings. The maximum Gasteiger partial charge on any atom is 0.328 e. The second-order valence-electron chi connectivity index (χ2n) is 5.04. The van der Waals surface area contributed by atoms with Crippen LogP contribution in [0.5, 0.6) is 0 Å². The molecule has 0 heterocycles. The van der Waals surface area contributed by atoms with E-state index < -0.39 is 24.0 Å². The first-order valence-electron chi connectivity index (χ1n) is 7.56. The van der Waals surface area contributed by atoms with Gasteiger partial charge < -0.3 is 14.4 Å². The molecular weight excluding hydrogens is 298 g/mol. The lowest BCUT2D eigenvalue weighted by molar-refractivity contribution is -0.158. The molecule has 126 valence electrons. The second kappa shape index (κ2) is 9.61. The molecule has 0 aliphatic rings. The molecule has 0 saturated carbocycles. The monoisotopic (exact) mass is 321 g/mol. The molecule has 0 spiro atoms. The molecule has 0 radical (unpaired) electrons. The van der Waals surface area contributed by atoms with Gasteiger partial charge in [0.25, 0.3) is 0 Å². The van der Waals surface area contributed by atoms with E-state index in [1.165, 1.54) is 14.0 Å². The van der Waals surface area contributed by atoms with E-state index >= 15 is 0 Å². The Morgan fingerprint density at radius 3 is 2.39 bits per heavy atom. The highest BCUT2D eigenvalue weighted by Gasteiger charge is 2.33. The maximum atomic E-state index is 12.2. The summed E-state index contributed by atoms with van der Waals surface area (Å²) in [5.74, 6) is -1.10. The Morgan fingerprint density at radius 1 is 1.22 bits per heavy atom. The van der Waals surface area contributed by atoms with Crippen LogP contribution in [0, 0.1) is 0 Å². The molecule has 0 aliphatic carbocycles. The minimum atomic E-state index is -0.859. The van der Waals surface area contributed by atoms with Crippen molar-refractivity contribution in [3.63, 3.8) is 0 Å². The number of benzene rings is 1. The number of carbonyl (C=O) groups is 3. The van der Waals surface area contributed by atoms with Crippen LogP contribution in [-0.4, -0.2) is 49.0 Å². The average molecular weight is 321 g/mol. The van der Waals surface area contributed by atoms with Gasteiger partial charge in [0.1, 0.15) is 12.1 Å². The molecule has 0 aromatic heterocycles. The predicted molar refractivity (Wildman–Crippen MR) is 84.6 cm³/mol. The molecule has 0 bridgehead atoms. The molecule has 1 unspecified atom stereocenters. The van der Waals surface area contributed by atoms with E-state index in [1.54, 1.807) is 6.92 Å². The molecular formula is C17H23NO5. The second-order valence-corrected chi connectivity index (χ2v) is 5.04. The van der Waals surface area contributed by atoms with Gasteiger partial charge in [0, 0.05) is 0 Å². The van der Waals surface area contributed by atoms with E-state index in [9.17, 15) is 14.4 Å². The molecule has 0 N–H and O–H groups in total. The van der Waals surface area contributed by atoms with Crippen LogP contribution in [0.2, 0.25) is 0 Å². The summed E-state index contributed by atoms with van der Waals surface area (Å²) in [6.07, 6.45) is 1.44. The van der Waals surface area contributed by atoms with Crippen LogP contribution in [0.4, 0.5) is 0 Å².